The molecule has 1 fully saturated rings. The van der Waals surface area contributed by atoms with Crippen LogP contribution in [0.1, 0.15) is 50.7 Å². The maximum Gasteiger partial charge on any atom is 0.471 e. The molecule has 0 aliphatic carbocycles. The Balaban J connectivity index is 1.76. The van der Waals surface area contributed by atoms with Crippen LogP contribution in [0.2, 0.25) is 0 Å². The Morgan fingerprint density at radius 2 is 2.08 bits per heavy atom. The van der Waals surface area contributed by atoms with E-state index in [4.69, 9.17) is 14.2 Å². The Morgan fingerprint density at radius 1 is 1.32 bits per heavy atom. The number of hydrogen-bond donors (Lipinski definition) is 0. The third-order valence-corrected chi connectivity index (χ3v) is 6.76. The molecule has 3 heterocycles. The standard InChI is InChI=1S/C27H33F4N5O4/c1-6-20-18-12-17(19(28)13-22(18)36(33-20)23-10-8-9-11-39-23)24-21(15-38-5)32-34(4)25(24)40-16(3)14-35(7-2)26(37)27(29,30)31/h6,12-13,16,23H,1,7-11,14-15H2,2-5H3/t16-,23?/m0/s1. The van der Waals surface area contributed by atoms with Crippen LogP contribution in [0.3, 0.4) is 0 Å². The Labute approximate surface area is 229 Å². The van der Waals surface area contributed by atoms with E-state index < -0.39 is 24.0 Å². The number of carbonyl (C=O) groups excluding carboxylic acids is 1. The number of nitrogens with zero attached hydrogens (tertiary/aromatic N) is 5. The summed E-state index contributed by atoms with van der Waals surface area (Å²) >= 11 is 0. The molecule has 1 aliphatic rings. The quantitative estimate of drug-likeness (QED) is 0.312. The molecule has 1 amide bonds. The minimum Gasteiger partial charge on any atom is -0.472 e. The summed E-state index contributed by atoms with van der Waals surface area (Å²) in [5.74, 6) is -2.41. The summed E-state index contributed by atoms with van der Waals surface area (Å²) in [5.41, 5.74) is 1.90. The molecule has 13 heteroatoms. The van der Waals surface area contributed by atoms with Gasteiger partial charge in [-0.3, -0.25) is 4.79 Å². The molecule has 1 unspecified atom stereocenters. The topological polar surface area (TPSA) is 83.6 Å². The molecule has 2 atom stereocenters. The molecule has 1 aliphatic heterocycles. The number of hydrogen-bond acceptors (Lipinski definition) is 6. The second-order valence-electron chi connectivity index (χ2n) is 9.66. The zero-order valence-corrected chi connectivity index (χ0v) is 22.9. The first-order valence-electron chi connectivity index (χ1n) is 13.0. The Bertz CT molecular complexity index is 1380. The Hall–Kier alpha value is -3.45. The van der Waals surface area contributed by atoms with Gasteiger partial charge in [0, 0.05) is 44.3 Å². The smallest absolute Gasteiger partial charge is 0.471 e. The van der Waals surface area contributed by atoms with Gasteiger partial charge in [-0.05, 0) is 45.3 Å². The summed E-state index contributed by atoms with van der Waals surface area (Å²) in [6, 6.07) is 3.01. The van der Waals surface area contributed by atoms with Crippen LogP contribution >= 0.6 is 0 Å². The predicted molar refractivity (Wildman–Crippen MR) is 140 cm³/mol. The number of rotatable bonds is 10. The molecule has 1 saturated heterocycles. The number of fused-ring (bicyclic) bond motifs is 1. The number of benzene rings is 1. The average Bonchev–Trinajstić information content (AvgIpc) is 3.42. The van der Waals surface area contributed by atoms with E-state index in [2.05, 4.69) is 16.8 Å². The Kier molecular flexibility index (Phi) is 8.83. The van der Waals surface area contributed by atoms with Crippen molar-refractivity contribution in [2.24, 2.45) is 7.05 Å². The zero-order chi connectivity index (χ0) is 29.2. The van der Waals surface area contributed by atoms with Crippen LogP contribution in [-0.2, 0) is 27.9 Å². The fraction of sp³-hybridized carbons (Fsp3) is 0.519. The second kappa shape index (κ2) is 12.0. The molecule has 2 aromatic heterocycles. The van der Waals surface area contributed by atoms with E-state index in [0.717, 1.165) is 19.3 Å². The number of methoxy groups -OCH3 is 1. The molecule has 0 N–H and O–H groups in total. The maximum absolute atomic E-state index is 15.9. The third-order valence-electron chi connectivity index (χ3n) is 6.76. The van der Waals surface area contributed by atoms with Gasteiger partial charge in [0.1, 0.15) is 17.6 Å². The van der Waals surface area contributed by atoms with Crippen molar-refractivity contribution in [3.63, 3.8) is 0 Å². The number of alkyl halides is 3. The molecule has 4 rings (SSSR count). The van der Waals surface area contributed by atoms with E-state index in [1.54, 1.807) is 23.9 Å². The van der Waals surface area contributed by atoms with Gasteiger partial charge in [0.25, 0.3) is 0 Å². The van der Waals surface area contributed by atoms with Crippen LogP contribution in [0.4, 0.5) is 17.6 Å². The van der Waals surface area contributed by atoms with Crippen LogP contribution in [0.25, 0.3) is 28.1 Å². The van der Waals surface area contributed by atoms with Gasteiger partial charge in [0.15, 0.2) is 6.23 Å². The minimum atomic E-state index is -5.01. The van der Waals surface area contributed by atoms with Gasteiger partial charge < -0.3 is 19.1 Å². The molecule has 0 saturated carbocycles. The normalized spacial score (nSPS) is 16.8. The first-order valence-corrected chi connectivity index (χ1v) is 13.0. The van der Waals surface area contributed by atoms with E-state index in [9.17, 15) is 18.0 Å². The van der Waals surface area contributed by atoms with Gasteiger partial charge >= 0.3 is 12.1 Å². The summed E-state index contributed by atoms with van der Waals surface area (Å²) in [7, 11) is 3.04. The fourth-order valence-corrected chi connectivity index (χ4v) is 4.94. The lowest BCUT2D eigenvalue weighted by atomic mass is 10.0. The monoisotopic (exact) mass is 567 g/mol. The molecule has 9 nitrogen and oxygen atoms in total. The minimum absolute atomic E-state index is 0.0233. The number of carbonyl (C=O) groups is 1. The molecule has 218 valence electrons. The number of halogens is 4. The summed E-state index contributed by atoms with van der Waals surface area (Å²) in [6.07, 6.45) is -1.95. The fourth-order valence-electron chi connectivity index (χ4n) is 4.94. The summed E-state index contributed by atoms with van der Waals surface area (Å²) in [4.78, 5) is 12.5. The van der Waals surface area contributed by atoms with Crippen molar-refractivity contribution in [2.75, 3.05) is 26.8 Å². The highest BCUT2D eigenvalue weighted by atomic mass is 19.4. The maximum atomic E-state index is 15.9. The molecule has 1 aromatic carbocycles. The highest BCUT2D eigenvalue weighted by Gasteiger charge is 2.42. The van der Waals surface area contributed by atoms with E-state index in [0.29, 0.717) is 33.8 Å². The van der Waals surface area contributed by atoms with Crippen molar-refractivity contribution in [1.29, 1.82) is 0 Å². The molecule has 0 spiro atoms. The highest BCUT2D eigenvalue weighted by molar-refractivity contribution is 5.92. The number of amides is 1. The lowest BCUT2D eigenvalue weighted by molar-refractivity contribution is -0.186. The first kappa shape index (κ1) is 29.5. The van der Waals surface area contributed by atoms with Crippen molar-refractivity contribution >= 4 is 22.9 Å². The van der Waals surface area contributed by atoms with Gasteiger partial charge in [-0.2, -0.15) is 23.4 Å². The van der Waals surface area contributed by atoms with E-state index >= 15 is 4.39 Å². The van der Waals surface area contributed by atoms with E-state index in [-0.39, 0.29) is 42.9 Å². The summed E-state index contributed by atoms with van der Waals surface area (Å²) in [5, 5.41) is 9.68. The Morgan fingerprint density at radius 3 is 2.67 bits per heavy atom. The molecule has 0 bridgehead atoms. The summed E-state index contributed by atoms with van der Waals surface area (Å²) < 4.78 is 75.2. The van der Waals surface area contributed by atoms with Crippen LogP contribution in [0, 0.1) is 5.82 Å². The van der Waals surface area contributed by atoms with Crippen molar-refractivity contribution in [2.45, 2.75) is 58.2 Å². The highest BCUT2D eigenvalue weighted by Crippen LogP contribution is 2.39. The molecule has 0 radical (unpaired) electrons. The summed E-state index contributed by atoms with van der Waals surface area (Å²) in [6.45, 7) is 6.95. The number of aryl methyl sites for hydroxylation is 1. The van der Waals surface area contributed by atoms with E-state index in [1.807, 2.05) is 0 Å². The number of aromatic nitrogens is 4. The van der Waals surface area contributed by atoms with Gasteiger partial charge in [0.2, 0.25) is 5.88 Å². The average molecular weight is 568 g/mol. The lowest BCUT2D eigenvalue weighted by Gasteiger charge is -2.26. The lowest BCUT2D eigenvalue weighted by Crippen LogP contribution is -2.45. The molecule has 40 heavy (non-hydrogen) atoms. The van der Waals surface area contributed by atoms with Crippen molar-refractivity contribution < 1.29 is 36.6 Å². The van der Waals surface area contributed by atoms with Crippen LogP contribution < -0.4 is 4.74 Å². The van der Waals surface area contributed by atoms with E-state index in [1.165, 1.54) is 31.7 Å². The zero-order valence-electron chi connectivity index (χ0n) is 22.9. The number of likely N-dealkylation sites (N-methyl/N-ethyl adjacent to an activating group) is 1. The predicted octanol–water partition coefficient (Wildman–Crippen LogP) is 5.24. The van der Waals surface area contributed by atoms with Crippen molar-refractivity contribution in [3.05, 3.63) is 35.9 Å². The van der Waals surface area contributed by atoms with Gasteiger partial charge in [-0.15, -0.1) is 0 Å². The van der Waals surface area contributed by atoms with Gasteiger partial charge in [-0.1, -0.05) is 6.58 Å². The molecule has 3 aromatic rings. The first-order chi connectivity index (χ1) is 19.0. The molecular formula is C27H33F4N5O4. The molecular weight excluding hydrogens is 534 g/mol. The van der Waals surface area contributed by atoms with Crippen LogP contribution in [0.5, 0.6) is 5.88 Å². The number of ether oxygens (including phenoxy) is 3. The second-order valence-corrected chi connectivity index (χ2v) is 9.66. The largest absolute Gasteiger partial charge is 0.472 e. The third kappa shape index (κ3) is 5.85. The van der Waals surface area contributed by atoms with Crippen LogP contribution in [0.15, 0.2) is 18.7 Å². The SMILES string of the molecule is C=Cc1nn(C2CCCCO2)c2cc(F)c(-c3c(COC)nn(C)c3O[C@@H](C)CN(CC)C(=O)C(F)(F)F)cc12. The van der Waals surface area contributed by atoms with Gasteiger partial charge in [-0.25, -0.2) is 13.8 Å². The van der Waals surface area contributed by atoms with Crippen molar-refractivity contribution in [1.82, 2.24) is 24.5 Å². The van der Waals surface area contributed by atoms with Crippen LogP contribution in [-0.4, -0.2) is 69.5 Å². The van der Waals surface area contributed by atoms with Crippen molar-refractivity contribution in [3.8, 4) is 17.0 Å². The van der Waals surface area contributed by atoms with Gasteiger partial charge in [0.05, 0.1) is 29.9 Å².